The molecule has 1 aliphatic carbocycles. The van der Waals surface area contributed by atoms with Crippen molar-refractivity contribution in [3.05, 3.63) is 0 Å². The summed E-state index contributed by atoms with van der Waals surface area (Å²) in [5.41, 5.74) is 1.07. The van der Waals surface area contributed by atoms with Gasteiger partial charge in [0.15, 0.2) is 0 Å². The average Bonchev–Trinajstić information content (AvgIpc) is 3.19. The molecule has 1 fully saturated rings. The number of rotatable bonds is 23. The second-order valence-electron chi connectivity index (χ2n) is 18.4. The standard InChI is InChI=1S/C41H83N/c1-15-22-40(10,11)38(9)37(8)29-35(6)28-36(7)30-42(14)24-17-18-31(2)25-33(4)27-34(5)26-32(3)20-21-39-19-16-23-41(39,12)13/h31-39H,15-30H2,1-14H3. The summed E-state index contributed by atoms with van der Waals surface area (Å²) in [4.78, 5) is 2.63. The summed E-state index contributed by atoms with van der Waals surface area (Å²) in [5, 5.41) is 0. The second kappa shape index (κ2) is 19.5. The molecular weight excluding hydrogens is 506 g/mol. The Labute approximate surface area is 268 Å². The maximum absolute atomic E-state index is 2.63. The molecule has 0 bridgehead atoms. The van der Waals surface area contributed by atoms with Crippen LogP contribution in [0, 0.1) is 64.1 Å². The molecule has 252 valence electrons. The summed E-state index contributed by atoms with van der Waals surface area (Å²) in [6.07, 6.45) is 19.7. The van der Waals surface area contributed by atoms with Gasteiger partial charge in [-0.25, -0.2) is 0 Å². The van der Waals surface area contributed by atoms with Crippen LogP contribution in [0.4, 0.5) is 0 Å². The van der Waals surface area contributed by atoms with Gasteiger partial charge in [0, 0.05) is 6.54 Å². The highest BCUT2D eigenvalue weighted by Gasteiger charge is 2.34. The molecule has 9 unspecified atom stereocenters. The smallest absolute Gasteiger partial charge is 0.000407 e. The highest BCUT2D eigenvalue weighted by Crippen LogP contribution is 2.45. The van der Waals surface area contributed by atoms with Gasteiger partial charge >= 0.3 is 0 Å². The van der Waals surface area contributed by atoms with Crippen LogP contribution in [0.5, 0.6) is 0 Å². The SMILES string of the molecule is CCCC(C)(C)C(C)C(C)CC(C)CC(C)CN(C)CCCC(C)CC(C)CC(C)CC(C)CCC1CCCC1(C)C. The van der Waals surface area contributed by atoms with Crippen molar-refractivity contribution in [3.63, 3.8) is 0 Å². The van der Waals surface area contributed by atoms with E-state index in [4.69, 9.17) is 0 Å². The molecule has 0 aromatic rings. The Morgan fingerprint density at radius 1 is 0.738 bits per heavy atom. The van der Waals surface area contributed by atoms with Crippen LogP contribution in [-0.2, 0) is 0 Å². The zero-order valence-electron chi connectivity index (χ0n) is 32.0. The molecule has 0 amide bonds. The quantitative estimate of drug-likeness (QED) is 0.115. The van der Waals surface area contributed by atoms with Gasteiger partial charge in [-0.1, -0.05) is 109 Å². The van der Waals surface area contributed by atoms with E-state index in [2.05, 4.69) is 102 Å². The van der Waals surface area contributed by atoms with Gasteiger partial charge in [-0.15, -0.1) is 0 Å². The molecule has 0 saturated heterocycles. The molecule has 1 saturated carbocycles. The van der Waals surface area contributed by atoms with Gasteiger partial charge in [-0.2, -0.15) is 0 Å². The van der Waals surface area contributed by atoms with Crippen LogP contribution >= 0.6 is 0 Å². The van der Waals surface area contributed by atoms with Crippen LogP contribution in [0.15, 0.2) is 0 Å². The second-order valence-corrected chi connectivity index (χ2v) is 18.4. The third kappa shape index (κ3) is 15.8. The molecule has 0 spiro atoms. The lowest BCUT2D eigenvalue weighted by atomic mass is 9.69. The monoisotopic (exact) mass is 590 g/mol. The van der Waals surface area contributed by atoms with E-state index in [9.17, 15) is 0 Å². The highest BCUT2D eigenvalue weighted by atomic mass is 15.1. The molecular formula is C41H83N. The first-order valence-corrected chi connectivity index (χ1v) is 19.1. The molecule has 0 aliphatic heterocycles. The van der Waals surface area contributed by atoms with E-state index in [0.29, 0.717) is 10.8 Å². The lowest BCUT2D eigenvalue weighted by Crippen LogP contribution is -2.29. The first-order valence-electron chi connectivity index (χ1n) is 19.1. The predicted molar refractivity (Wildman–Crippen MR) is 192 cm³/mol. The number of hydrogen-bond acceptors (Lipinski definition) is 1. The molecule has 0 aromatic carbocycles. The lowest BCUT2D eigenvalue weighted by molar-refractivity contribution is 0.130. The predicted octanol–water partition coefficient (Wildman–Crippen LogP) is 13.2. The highest BCUT2D eigenvalue weighted by molar-refractivity contribution is 4.85. The van der Waals surface area contributed by atoms with Gasteiger partial charge in [0.25, 0.3) is 0 Å². The molecule has 42 heavy (non-hydrogen) atoms. The Morgan fingerprint density at radius 3 is 1.81 bits per heavy atom. The maximum Gasteiger partial charge on any atom is 0.000407 e. The van der Waals surface area contributed by atoms with Crippen molar-refractivity contribution in [2.24, 2.45) is 64.1 Å². The maximum atomic E-state index is 2.63. The molecule has 0 heterocycles. The molecule has 1 heteroatoms. The summed E-state index contributed by atoms with van der Waals surface area (Å²) < 4.78 is 0. The van der Waals surface area contributed by atoms with Crippen molar-refractivity contribution in [1.29, 1.82) is 0 Å². The fourth-order valence-electron chi connectivity index (χ4n) is 9.58. The van der Waals surface area contributed by atoms with E-state index >= 15 is 0 Å². The Hall–Kier alpha value is -0.0400. The average molecular weight is 590 g/mol. The summed E-state index contributed by atoms with van der Waals surface area (Å²) in [5.74, 6) is 7.72. The van der Waals surface area contributed by atoms with Crippen molar-refractivity contribution in [2.45, 2.75) is 180 Å². The van der Waals surface area contributed by atoms with E-state index in [1.807, 2.05) is 0 Å². The first-order chi connectivity index (χ1) is 19.5. The molecule has 1 nitrogen and oxygen atoms in total. The van der Waals surface area contributed by atoms with E-state index in [0.717, 1.165) is 53.3 Å². The number of nitrogens with zero attached hydrogens (tertiary/aromatic N) is 1. The van der Waals surface area contributed by atoms with Crippen molar-refractivity contribution in [3.8, 4) is 0 Å². The van der Waals surface area contributed by atoms with Crippen molar-refractivity contribution in [1.82, 2.24) is 4.90 Å². The molecule has 9 atom stereocenters. The van der Waals surface area contributed by atoms with Crippen molar-refractivity contribution in [2.75, 3.05) is 20.1 Å². The largest absolute Gasteiger partial charge is 0.306 e. The molecule has 1 aliphatic rings. The number of hydrogen-bond donors (Lipinski definition) is 0. The minimum atomic E-state index is 0.470. The van der Waals surface area contributed by atoms with E-state index < -0.39 is 0 Å². The summed E-state index contributed by atoms with van der Waals surface area (Å²) in [6.45, 7) is 35.0. The summed E-state index contributed by atoms with van der Waals surface area (Å²) in [7, 11) is 2.36. The van der Waals surface area contributed by atoms with Crippen LogP contribution < -0.4 is 0 Å². The zero-order valence-corrected chi connectivity index (χ0v) is 32.0. The van der Waals surface area contributed by atoms with Gasteiger partial charge < -0.3 is 4.90 Å². The molecule has 0 radical (unpaired) electrons. The normalized spacial score (nSPS) is 23.4. The van der Waals surface area contributed by atoms with Crippen LogP contribution in [-0.4, -0.2) is 25.0 Å². The van der Waals surface area contributed by atoms with E-state index in [-0.39, 0.29) is 0 Å². The molecule has 0 aromatic heterocycles. The van der Waals surface area contributed by atoms with Gasteiger partial charge in [0.1, 0.15) is 0 Å². The minimum Gasteiger partial charge on any atom is -0.306 e. The topological polar surface area (TPSA) is 3.24 Å². The fourth-order valence-corrected chi connectivity index (χ4v) is 9.58. The zero-order chi connectivity index (χ0) is 32.1. The lowest BCUT2D eigenvalue weighted by Gasteiger charge is -2.37. The van der Waals surface area contributed by atoms with Crippen LogP contribution in [0.1, 0.15) is 180 Å². The van der Waals surface area contributed by atoms with Gasteiger partial charge in [-0.3, -0.25) is 0 Å². The third-order valence-electron chi connectivity index (χ3n) is 12.3. The van der Waals surface area contributed by atoms with Crippen LogP contribution in [0.25, 0.3) is 0 Å². The van der Waals surface area contributed by atoms with Crippen molar-refractivity contribution >= 4 is 0 Å². The fraction of sp³-hybridized carbons (Fsp3) is 1.00. The van der Waals surface area contributed by atoms with E-state index in [1.54, 1.807) is 0 Å². The summed E-state index contributed by atoms with van der Waals surface area (Å²) >= 11 is 0. The molecule has 1 rings (SSSR count). The minimum absolute atomic E-state index is 0.470. The van der Waals surface area contributed by atoms with Crippen molar-refractivity contribution < 1.29 is 0 Å². The van der Waals surface area contributed by atoms with Gasteiger partial charge in [0.2, 0.25) is 0 Å². The van der Waals surface area contributed by atoms with Crippen LogP contribution in [0.2, 0.25) is 0 Å². The Morgan fingerprint density at radius 2 is 1.26 bits per heavy atom. The molecule has 0 N–H and O–H groups in total. The third-order valence-corrected chi connectivity index (χ3v) is 12.3. The van der Waals surface area contributed by atoms with Gasteiger partial charge in [0.05, 0.1) is 0 Å². The van der Waals surface area contributed by atoms with E-state index in [1.165, 1.54) is 103 Å². The van der Waals surface area contributed by atoms with Crippen LogP contribution in [0.3, 0.4) is 0 Å². The van der Waals surface area contributed by atoms with Gasteiger partial charge in [-0.05, 0) is 148 Å². The Kier molecular flexibility index (Phi) is 18.5. The Bertz CT molecular complexity index is 678. The summed E-state index contributed by atoms with van der Waals surface area (Å²) in [6, 6.07) is 0. The first kappa shape index (κ1) is 40.0. The Balaban J connectivity index is 2.23.